The number of amides is 1. The molecule has 0 aliphatic carbocycles. The Labute approximate surface area is 201 Å². The van der Waals surface area contributed by atoms with Gasteiger partial charge in [0, 0.05) is 18.4 Å². The number of benzene rings is 2. The van der Waals surface area contributed by atoms with Crippen LogP contribution in [0.4, 0.5) is 0 Å². The van der Waals surface area contributed by atoms with Crippen LogP contribution in [-0.4, -0.2) is 45.5 Å². The van der Waals surface area contributed by atoms with E-state index in [1.54, 1.807) is 37.3 Å². The molecule has 1 aliphatic heterocycles. The van der Waals surface area contributed by atoms with Crippen LogP contribution in [0.5, 0.6) is 17.4 Å². The fourth-order valence-corrected chi connectivity index (χ4v) is 4.13. The molecule has 10 nitrogen and oxygen atoms in total. The summed E-state index contributed by atoms with van der Waals surface area (Å²) in [5.74, 6) is 0.301. The van der Waals surface area contributed by atoms with Gasteiger partial charge in [-0.2, -0.15) is 5.10 Å². The van der Waals surface area contributed by atoms with Crippen molar-refractivity contribution in [3.63, 3.8) is 0 Å². The molecule has 3 aromatic rings. The molecule has 2 N–H and O–H groups in total. The third-order valence-electron chi connectivity index (χ3n) is 5.91. The molecule has 1 aliphatic rings. The van der Waals surface area contributed by atoms with E-state index in [4.69, 9.17) is 9.47 Å². The van der Waals surface area contributed by atoms with Crippen molar-refractivity contribution in [2.45, 2.75) is 32.4 Å². The number of carbonyl (C=O) groups excluding carboxylic acids is 1. The summed E-state index contributed by atoms with van der Waals surface area (Å²) in [5, 5.41) is 16.7. The van der Waals surface area contributed by atoms with Crippen molar-refractivity contribution < 1.29 is 19.4 Å². The molecular weight excluding hydrogens is 452 g/mol. The zero-order valence-corrected chi connectivity index (χ0v) is 19.6. The smallest absolute Gasteiger partial charge is 0.331 e. The number of H-pyrrole nitrogens is 1. The first-order chi connectivity index (χ1) is 16.9. The van der Waals surface area contributed by atoms with Crippen molar-refractivity contribution in [1.29, 1.82) is 0 Å². The van der Waals surface area contributed by atoms with E-state index in [1.807, 2.05) is 18.2 Å². The molecule has 1 aromatic heterocycles. The highest BCUT2D eigenvalue weighted by atomic mass is 16.5. The third kappa shape index (κ3) is 4.54. The first kappa shape index (κ1) is 23.8. The van der Waals surface area contributed by atoms with E-state index in [0.717, 1.165) is 10.1 Å². The predicted molar refractivity (Wildman–Crippen MR) is 129 cm³/mol. The summed E-state index contributed by atoms with van der Waals surface area (Å²) >= 11 is 0. The second kappa shape index (κ2) is 9.88. The van der Waals surface area contributed by atoms with Gasteiger partial charge in [0.25, 0.3) is 5.56 Å². The number of aromatic amines is 1. The predicted octanol–water partition coefficient (Wildman–Crippen LogP) is 2.40. The zero-order chi connectivity index (χ0) is 25.1. The van der Waals surface area contributed by atoms with Crippen molar-refractivity contribution in [3.05, 3.63) is 86.1 Å². The van der Waals surface area contributed by atoms with Gasteiger partial charge in [-0.15, -0.1) is 0 Å². The number of nitrogens with zero attached hydrogens (tertiary/aromatic N) is 3. The molecule has 1 atom stereocenters. The molecule has 0 spiro atoms. The summed E-state index contributed by atoms with van der Waals surface area (Å²) in [6.45, 7) is 1.76. The van der Waals surface area contributed by atoms with Crippen LogP contribution in [0.3, 0.4) is 0 Å². The average Bonchev–Trinajstić information content (AvgIpc) is 3.30. The fourth-order valence-electron chi connectivity index (χ4n) is 4.13. The highest BCUT2D eigenvalue weighted by Gasteiger charge is 2.36. The second-order valence-corrected chi connectivity index (χ2v) is 8.00. The van der Waals surface area contributed by atoms with Gasteiger partial charge in [-0.25, -0.2) is 9.80 Å². The lowest BCUT2D eigenvalue weighted by atomic mass is 9.98. The zero-order valence-electron chi connectivity index (χ0n) is 19.6. The average molecular weight is 479 g/mol. The SMILES string of the molecule is CCC(=O)N1N=C(c2c(O)n(Cc3ccccc3)c(=O)[nH]c2=O)CC1c1cc(OC)ccc1OC. The number of carbonyl (C=O) groups is 1. The first-order valence-electron chi connectivity index (χ1n) is 11.1. The highest BCUT2D eigenvalue weighted by molar-refractivity contribution is 6.04. The van der Waals surface area contributed by atoms with Crippen LogP contribution in [0.25, 0.3) is 0 Å². The summed E-state index contributed by atoms with van der Waals surface area (Å²) in [6.07, 6.45) is 0.296. The topological polar surface area (TPSA) is 126 Å². The van der Waals surface area contributed by atoms with Crippen molar-refractivity contribution in [3.8, 4) is 17.4 Å². The number of hydrogen-bond acceptors (Lipinski definition) is 7. The van der Waals surface area contributed by atoms with E-state index in [0.29, 0.717) is 17.1 Å². The van der Waals surface area contributed by atoms with Gasteiger partial charge < -0.3 is 14.6 Å². The lowest BCUT2D eigenvalue weighted by Gasteiger charge is -2.23. The van der Waals surface area contributed by atoms with E-state index in [9.17, 15) is 19.5 Å². The molecule has 4 rings (SSSR count). The quantitative estimate of drug-likeness (QED) is 0.537. The summed E-state index contributed by atoms with van der Waals surface area (Å²) in [6, 6.07) is 13.7. The maximum atomic E-state index is 12.8. The molecule has 2 aromatic carbocycles. The Morgan fingerprint density at radius 3 is 2.54 bits per heavy atom. The molecule has 2 heterocycles. The highest BCUT2D eigenvalue weighted by Crippen LogP contribution is 2.39. The summed E-state index contributed by atoms with van der Waals surface area (Å²) in [5.41, 5.74) is -0.0936. The van der Waals surface area contributed by atoms with Crippen LogP contribution in [-0.2, 0) is 11.3 Å². The Morgan fingerprint density at radius 2 is 1.89 bits per heavy atom. The van der Waals surface area contributed by atoms with Gasteiger partial charge in [0.1, 0.15) is 17.1 Å². The molecule has 1 unspecified atom stereocenters. The molecular formula is C25H26N4O6. The van der Waals surface area contributed by atoms with Crippen molar-refractivity contribution in [2.75, 3.05) is 14.2 Å². The van der Waals surface area contributed by atoms with Gasteiger partial charge >= 0.3 is 5.69 Å². The first-order valence-corrected chi connectivity index (χ1v) is 11.1. The number of hydrogen-bond donors (Lipinski definition) is 2. The number of nitrogens with one attached hydrogen (secondary N) is 1. The van der Waals surface area contributed by atoms with E-state index < -0.39 is 23.2 Å². The molecule has 0 bridgehead atoms. The van der Waals surface area contributed by atoms with Gasteiger partial charge in [-0.1, -0.05) is 37.3 Å². The Balaban J connectivity index is 1.81. The maximum Gasteiger partial charge on any atom is 0.331 e. The molecule has 0 fully saturated rings. The summed E-state index contributed by atoms with van der Waals surface area (Å²) in [7, 11) is 3.05. The van der Waals surface area contributed by atoms with E-state index in [2.05, 4.69) is 10.1 Å². The normalized spacial score (nSPS) is 15.1. The number of ether oxygens (including phenoxy) is 2. The van der Waals surface area contributed by atoms with Crippen LogP contribution in [0, 0.1) is 0 Å². The second-order valence-electron chi connectivity index (χ2n) is 8.00. The molecule has 35 heavy (non-hydrogen) atoms. The molecule has 10 heteroatoms. The van der Waals surface area contributed by atoms with Gasteiger partial charge in [-0.3, -0.25) is 19.1 Å². The number of aromatic nitrogens is 2. The molecule has 1 amide bonds. The van der Waals surface area contributed by atoms with E-state index >= 15 is 0 Å². The molecule has 0 saturated heterocycles. The Bertz CT molecular complexity index is 1390. The summed E-state index contributed by atoms with van der Waals surface area (Å²) < 4.78 is 11.9. The van der Waals surface area contributed by atoms with Crippen molar-refractivity contribution in [2.24, 2.45) is 5.10 Å². The number of hydrazone groups is 1. The van der Waals surface area contributed by atoms with E-state index in [1.165, 1.54) is 19.2 Å². The monoisotopic (exact) mass is 478 g/mol. The molecule has 182 valence electrons. The third-order valence-corrected chi connectivity index (χ3v) is 5.91. The minimum absolute atomic E-state index is 0.0489. The largest absolute Gasteiger partial charge is 0.497 e. The number of rotatable bonds is 7. The minimum atomic E-state index is -0.780. The molecule has 0 saturated carbocycles. The van der Waals surface area contributed by atoms with E-state index in [-0.39, 0.29) is 36.6 Å². The Morgan fingerprint density at radius 1 is 1.14 bits per heavy atom. The van der Waals surface area contributed by atoms with Gasteiger partial charge in [0.05, 0.1) is 32.5 Å². The van der Waals surface area contributed by atoms with Gasteiger partial charge in [-0.05, 0) is 23.8 Å². The van der Waals surface area contributed by atoms with Crippen LogP contribution in [0.1, 0.15) is 42.5 Å². The number of aromatic hydroxyl groups is 1. The van der Waals surface area contributed by atoms with Crippen LogP contribution in [0.2, 0.25) is 0 Å². The molecule has 0 radical (unpaired) electrons. The van der Waals surface area contributed by atoms with Crippen LogP contribution >= 0.6 is 0 Å². The Hall–Kier alpha value is -4.34. The lowest BCUT2D eigenvalue weighted by molar-refractivity contribution is -0.132. The minimum Gasteiger partial charge on any atom is -0.497 e. The number of methoxy groups -OCH3 is 2. The lowest BCUT2D eigenvalue weighted by Crippen LogP contribution is -2.34. The maximum absolute atomic E-state index is 12.8. The van der Waals surface area contributed by atoms with Gasteiger partial charge in [0.2, 0.25) is 11.8 Å². The standard InChI is InChI=1S/C25H26N4O6/c1-4-21(30)29-19(17-12-16(34-2)10-11-20(17)35-3)13-18(27-29)22-23(31)26-25(33)28(24(22)32)14-15-8-6-5-7-9-15/h5-12,19,32H,4,13-14H2,1-3H3,(H,26,31,33). The van der Waals surface area contributed by atoms with Crippen LogP contribution < -0.4 is 20.7 Å². The van der Waals surface area contributed by atoms with Crippen molar-refractivity contribution in [1.82, 2.24) is 14.6 Å². The Kier molecular flexibility index (Phi) is 6.72. The summed E-state index contributed by atoms with van der Waals surface area (Å²) in [4.78, 5) is 40.4. The fraction of sp³-hybridized carbons (Fsp3) is 0.280. The van der Waals surface area contributed by atoms with Gasteiger partial charge in [0.15, 0.2) is 0 Å². The van der Waals surface area contributed by atoms with Crippen LogP contribution in [0.15, 0.2) is 63.2 Å². The van der Waals surface area contributed by atoms with Crippen molar-refractivity contribution >= 4 is 11.6 Å².